The first kappa shape index (κ1) is 23.4. The fourth-order valence-electron chi connectivity index (χ4n) is 3.48. The van der Waals surface area contributed by atoms with E-state index in [0.717, 1.165) is 9.87 Å². The summed E-state index contributed by atoms with van der Waals surface area (Å²) >= 11 is 0. The highest BCUT2D eigenvalue weighted by Crippen LogP contribution is 2.30. The molecule has 1 aliphatic heterocycles. The molecule has 1 atom stereocenters. The van der Waals surface area contributed by atoms with Crippen LogP contribution in [0.25, 0.3) is 0 Å². The summed E-state index contributed by atoms with van der Waals surface area (Å²) in [5.74, 6) is 1.34. The first-order chi connectivity index (χ1) is 16.4. The molecule has 0 spiro atoms. The van der Waals surface area contributed by atoms with Crippen LogP contribution in [0, 0.1) is 6.92 Å². The average Bonchev–Trinajstić information content (AvgIpc) is 2.86. The van der Waals surface area contributed by atoms with Gasteiger partial charge in [-0.15, -0.1) is 0 Å². The fourth-order valence-corrected chi connectivity index (χ4v) is 4.90. The number of sulfonamides is 1. The molecule has 0 unspecified atom stereocenters. The molecule has 178 valence electrons. The van der Waals surface area contributed by atoms with Crippen molar-refractivity contribution in [2.24, 2.45) is 0 Å². The van der Waals surface area contributed by atoms with E-state index in [0.29, 0.717) is 22.9 Å². The smallest absolute Gasteiger partial charge is 0.264 e. The highest BCUT2D eigenvalue weighted by atomic mass is 32.2. The van der Waals surface area contributed by atoms with Crippen molar-refractivity contribution in [1.82, 2.24) is 5.32 Å². The molecule has 9 heteroatoms. The summed E-state index contributed by atoms with van der Waals surface area (Å²) in [6.07, 6.45) is -0.384. The van der Waals surface area contributed by atoms with Gasteiger partial charge in [0.1, 0.15) is 25.0 Å². The van der Waals surface area contributed by atoms with E-state index in [1.165, 1.54) is 19.2 Å². The number of para-hydroxylation sites is 2. The minimum Gasteiger partial charge on any atom is -0.497 e. The number of benzene rings is 3. The standard InChI is InChI=1S/C25H26N2O6S/c1-18-7-9-19(10-8-18)27(34(29,30)22-13-11-20(31-2)12-14-22)16-25(28)26-15-21-17-32-23-5-3-4-6-24(23)33-21/h3-14,21H,15-17H2,1-2H3,(H,26,28)/t21-/m1/s1. The van der Waals surface area contributed by atoms with Crippen molar-refractivity contribution in [2.45, 2.75) is 17.9 Å². The maximum absolute atomic E-state index is 13.5. The van der Waals surface area contributed by atoms with Crippen LogP contribution in [0.5, 0.6) is 17.2 Å². The molecule has 4 rings (SSSR count). The van der Waals surface area contributed by atoms with E-state index in [2.05, 4.69) is 5.32 Å². The summed E-state index contributed by atoms with van der Waals surface area (Å²) in [6, 6.07) is 20.3. The normalized spacial score (nSPS) is 14.8. The zero-order valence-corrected chi connectivity index (χ0v) is 19.7. The SMILES string of the molecule is COc1ccc(S(=O)(=O)N(CC(=O)NC[C@@H]2COc3ccccc3O2)c2ccc(C)cc2)cc1. The van der Waals surface area contributed by atoms with Crippen LogP contribution < -0.4 is 23.8 Å². The number of nitrogens with one attached hydrogen (secondary N) is 1. The Hall–Kier alpha value is -3.72. The van der Waals surface area contributed by atoms with Crippen molar-refractivity contribution >= 4 is 21.6 Å². The van der Waals surface area contributed by atoms with Gasteiger partial charge in [0.05, 0.1) is 24.2 Å². The molecule has 0 aliphatic carbocycles. The zero-order chi connectivity index (χ0) is 24.1. The predicted octanol–water partition coefficient (Wildman–Crippen LogP) is 3.16. The van der Waals surface area contributed by atoms with Crippen LogP contribution in [0.4, 0.5) is 5.69 Å². The van der Waals surface area contributed by atoms with Crippen LogP contribution in [0.2, 0.25) is 0 Å². The van der Waals surface area contributed by atoms with E-state index >= 15 is 0 Å². The van der Waals surface area contributed by atoms with E-state index in [4.69, 9.17) is 14.2 Å². The molecule has 0 radical (unpaired) electrons. The second-order valence-electron chi connectivity index (χ2n) is 7.82. The number of nitrogens with zero attached hydrogens (tertiary/aromatic N) is 1. The molecule has 1 heterocycles. The van der Waals surface area contributed by atoms with Crippen LogP contribution in [0.15, 0.2) is 77.7 Å². The Morgan fingerprint density at radius 2 is 1.71 bits per heavy atom. The molecule has 8 nitrogen and oxygen atoms in total. The van der Waals surface area contributed by atoms with E-state index < -0.39 is 15.9 Å². The van der Waals surface area contributed by atoms with Gasteiger partial charge in [-0.1, -0.05) is 29.8 Å². The Kier molecular flexibility index (Phi) is 6.93. The lowest BCUT2D eigenvalue weighted by molar-refractivity contribution is -0.120. The van der Waals surface area contributed by atoms with Gasteiger partial charge < -0.3 is 19.5 Å². The fraction of sp³-hybridized carbons (Fsp3) is 0.240. The quantitative estimate of drug-likeness (QED) is 0.530. The molecule has 0 fully saturated rings. The number of hydrogen-bond acceptors (Lipinski definition) is 6. The molecule has 0 saturated carbocycles. The highest BCUT2D eigenvalue weighted by molar-refractivity contribution is 7.92. The van der Waals surface area contributed by atoms with Gasteiger partial charge in [0.2, 0.25) is 5.91 Å². The minimum absolute atomic E-state index is 0.0577. The van der Waals surface area contributed by atoms with Crippen LogP contribution in [-0.2, 0) is 14.8 Å². The Labute approximate surface area is 199 Å². The van der Waals surface area contributed by atoms with E-state index in [9.17, 15) is 13.2 Å². The molecule has 0 aromatic heterocycles. The maximum atomic E-state index is 13.5. The molecule has 0 saturated heterocycles. The number of ether oxygens (including phenoxy) is 3. The van der Waals surface area contributed by atoms with Crippen LogP contribution in [0.3, 0.4) is 0 Å². The number of aryl methyl sites for hydroxylation is 1. The summed E-state index contributed by atoms with van der Waals surface area (Å²) in [7, 11) is -2.50. The Balaban J connectivity index is 1.49. The lowest BCUT2D eigenvalue weighted by Crippen LogP contribution is -2.45. The molecular weight excluding hydrogens is 456 g/mol. The summed E-state index contributed by atoms with van der Waals surface area (Å²) in [4.78, 5) is 12.9. The number of fused-ring (bicyclic) bond motifs is 1. The van der Waals surface area contributed by atoms with Crippen LogP contribution >= 0.6 is 0 Å². The lowest BCUT2D eigenvalue weighted by atomic mass is 10.2. The largest absolute Gasteiger partial charge is 0.497 e. The average molecular weight is 483 g/mol. The third-order valence-electron chi connectivity index (χ3n) is 5.35. The minimum atomic E-state index is -4.01. The third-order valence-corrected chi connectivity index (χ3v) is 7.14. The number of anilines is 1. The first-order valence-corrected chi connectivity index (χ1v) is 12.2. The molecule has 1 aliphatic rings. The Morgan fingerprint density at radius 1 is 1.03 bits per heavy atom. The summed E-state index contributed by atoms with van der Waals surface area (Å²) in [5.41, 5.74) is 1.37. The zero-order valence-electron chi connectivity index (χ0n) is 18.9. The molecular formula is C25H26N2O6S. The van der Waals surface area contributed by atoms with Crippen molar-refractivity contribution in [1.29, 1.82) is 0 Å². The lowest BCUT2D eigenvalue weighted by Gasteiger charge is -2.27. The van der Waals surface area contributed by atoms with Gasteiger partial charge in [-0.3, -0.25) is 9.10 Å². The van der Waals surface area contributed by atoms with E-state index in [1.54, 1.807) is 42.5 Å². The summed E-state index contributed by atoms with van der Waals surface area (Å²) in [5, 5.41) is 2.77. The highest BCUT2D eigenvalue weighted by Gasteiger charge is 2.28. The van der Waals surface area contributed by atoms with Crippen molar-refractivity contribution < 1.29 is 27.4 Å². The van der Waals surface area contributed by atoms with Gasteiger partial charge in [-0.25, -0.2) is 8.42 Å². The Morgan fingerprint density at radius 3 is 2.38 bits per heavy atom. The van der Waals surface area contributed by atoms with Crippen molar-refractivity contribution in [3.8, 4) is 17.2 Å². The molecule has 3 aromatic rings. The monoisotopic (exact) mass is 482 g/mol. The third kappa shape index (κ3) is 5.26. The predicted molar refractivity (Wildman–Crippen MR) is 128 cm³/mol. The van der Waals surface area contributed by atoms with Crippen molar-refractivity contribution in [3.63, 3.8) is 0 Å². The topological polar surface area (TPSA) is 94.2 Å². The molecule has 1 N–H and O–H groups in total. The van der Waals surface area contributed by atoms with Gasteiger partial charge in [-0.2, -0.15) is 0 Å². The van der Waals surface area contributed by atoms with Crippen molar-refractivity contribution in [3.05, 3.63) is 78.4 Å². The second kappa shape index (κ2) is 10.0. The number of carbonyl (C=O) groups excluding carboxylic acids is 1. The maximum Gasteiger partial charge on any atom is 0.264 e. The molecule has 0 bridgehead atoms. The van der Waals surface area contributed by atoms with Crippen molar-refractivity contribution in [2.75, 3.05) is 31.1 Å². The van der Waals surface area contributed by atoms with Gasteiger partial charge in [0, 0.05) is 0 Å². The van der Waals surface area contributed by atoms with Gasteiger partial charge in [-0.05, 0) is 55.5 Å². The Bertz CT molecular complexity index is 1240. The van der Waals surface area contributed by atoms with Crippen LogP contribution in [0.1, 0.15) is 5.56 Å². The number of hydrogen-bond donors (Lipinski definition) is 1. The van der Waals surface area contributed by atoms with E-state index in [-0.39, 0.29) is 30.7 Å². The molecule has 34 heavy (non-hydrogen) atoms. The molecule has 3 aromatic carbocycles. The van der Waals surface area contributed by atoms with Gasteiger partial charge in [0.25, 0.3) is 10.0 Å². The summed E-state index contributed by atoms with van der Waals surface area (Å²) in [6.45, 7) is 1.98. The second-order valence-corrected chi connectivity index (χ2v) is 9.69. The number of methoxy groups -OCH3 is 1. The number of carbonyl (C=O) groups is 1. The number of rotatable bonds is 8. The van der Waals surface area contributed by atoms with Gasteiger partial charge in [0.15, 0.2) is 11.5 Å². The first-order valence-electron chi connectivity index (χ1n) is 10.8. The molecule has 1 amide bonds. The van der Waals surface area contributed by atoms with Gasteiger partial charge >= 0.3 is 0 Å². The number of amides is 1. The summed E-state index contributed by atoms with van der Waals surface area (Å²) < 4.78 is 44.7. The van der Waals surface area contributed by atoms with Crippen LogP contribution in [-0.4, -0.2) is 47.2 Å². The van der Waals surface area contributed by atoms with E-state index in [1.807, 2.05) is 25.1 Å².